The molecule has 0 unspecified atom stereocenters. The van der Waals surface area contributed by atoms with Crippen LogP contribution in [0.2, 0.25) is 0 Å². The van der Waals surface area contributed by atoms with Gasteiger partial charge in [0.2, 0.25) is 0 Å². The molecule has 0 atom stereocenters. The van der Waals surface area contributed by atoms with Crippen molar-refractivity contribution in [1.82, 2.24) is 0 Å². The summed E-state index contributed by atoms with van der Waals surface area (Å²) in [5, 5.41) is 16.7. The molecule has 2 N–H and O–H groups in total. The normalized spacial score (nSPS) is 9.20. The first-order valence-electron chi connectivity index (χ1n) is 5.25. The maximum Gasteiger partial charge on any atom is 0.151 e. The summed E-state index contributed by atoms with van der Waals surface area (Å²) < 4.78 is 4.86. The third-order valence-electron chi connectivity index (χ3n) is 1.41. The Morgan fingerprint density at radius 1 is 1.13 bits per heavy atom. The zero-order valence-corrected chi connectivity index (χ0v) is 10.1. The second-order valence-electron chi connectivity index (χ2n) is 3.48. The van der Waals surface area contributed by atoms with Gasteiger partial charge in [-0.05, 0) is 26.7 Å². The molecule has 3 nitrogen and oxygen atoms in total. The number of rotatable bonds is 6. The summed E-state index contributed by atoms with van der Waals surface area (Å²) >= 11 is 0. The fraction of sp³-hybridized carbons (Fsp3) is 0.667. The summed E-state index contributed by atoms with van der Waals surface area (Å²) in [6.07, 6.45) is 2.58. The summed E-state index contributed by atoms with van der Waals surface area (Å²) in [5.74, 6) is 1.38. The molecule has 0 aromatic rings. The molecule has 0 spiro atoms. The Morgan fingerprint density at radius 3 is 1.80 bits per heavy atom. The summed E-state index contributed by atoms with van der Waals surface area (Å²) in [4.78, 5) is 0. The van der Waals surface area contributed by atoms with Crippen molar-refractivity contribution in [2.24, 2.45) is 0 Å². The molecule has 0 saturated heterocycles. The van der Waals surface area contributed by atoms with Crippen LogP contribution in [0.15, 0.2) is 24.7 Å². The molecule has 0 amide bonds. The van der Waals surface area contributed by atoms with Crippen LogP contribution in [0.3, 0.4) is 0 Å². The molecule has 0 aliphatic carbocycles. The molecule has 0 fully saturated rings. The predicted molar refractivity (Wildman–Crippen MR) is 63.1 cm³/mol. The van der Waals surface area contributed by atoms with Crippen LogP contribution in [-0.4, -0.2) is 16.5 Å². The number of allylic oxidation sites excluding steroid dienone is 2. The van der Waals surface area contributed by atoms with E-state index in [1.54, 1.807) is 13.8 Å². The Labute approximate surface area is 93.1 Å². The molecule has 0 radical (unpaired) electrons. The Kier molecular flexibility index (Phi) is 12.5. The molecule has 0 saturated carbocycles. The van der Waals surface area contributed by atoms with Crippen molar-refractivity contribution in [3.63, 3.8) is 0 Å². The predicted octanol–water partition coefficient (Wildman–Crippen LogP) is 2.95. The van der Waals surface area contributed by atoms with E-state index in [2.05, 4.69) is 20.1 Å². The van der Waals surface area contributed by atoms with Gasteiger partial charge in [0.15, 0.2) is 6.29 Å². The largest absolute Gasteiger partial charge is 0.468 e. The third kappa shape index (κ3) is 24.6. The van der Waals surface area contributed by atoms with Crippen LogP contribution < -0.4 is 0 Å². The molecule has 15 heavy (non-hydrogen) atoms. The Morgan fingerprint density at radius 2 is 1.60 bits per heavy atom. The molecule has 0 rings (SSSR count). The number of ether oxygens (including phenoxy) is 1. The van der Waals surface area contributed by atoms with E-state index in [-0.39, 0.29) is 0 Å². The van der Waals surface area contributed by atoms with E-state index in [0.717, 1.165) is 19.3 Å². The molecule has 3 heteroatoms. The Balaban J connectivity index is 0. The fourth-order valence-corrected chi connectivity index (χ4v) is 0.874. The van der Waals surface area contributed by atoms with Gasteiger partial charge in [0.05, 0.1) is 11.5 Å². The molecule has 0 aromatic heterocycles. The molecule has 0 bridgehead atoms. The molecular weight excluding hydrogens is 192 g/mol. The molecule has 90 valence electrons. The lowest BCUT2D eigenvalue weighted by Gasteiger charge is -1.99. The lowest BCUT2D eigenvalue weighted by atomic mass is 10.2. The number of unbranched alkanes of at least 4 members (excludes halogenated alkanes) is 2. The first-order chi connectivity index (χ1) is 6.90. The third-order valence-corrected chi connectivity index (χ3v) is 1.41. The van der Waals surface area contributed by atoms with Crippen molar-refractivity contribution in [2.45, 2.75) is 52.7 Å². The van der Waals surface area contributed by atoms with Crippen LogP contribution in [-0.2, 0) is 4.74 Å². The SMILES string of the molecule is C=C(C)OC(=C)C.CCCCCC(O)O. The minimum atomic E-state index is -1.10. The van der Waals surface area contributed by atoms with Crippen molar-refractivity contribution in [1.29, 1.82) is 0 Å². The van der Waals surface area contributed by atoms with E-state index in [4.69, 9.17) is 14.9 Å². The average Bonchev–Trinajstić information content (AvgIpc) is 2.02. The standard InChI is InChI=1S/C6H14O2.C6H10O/c1-2-3-4-5-6(7)8;1-5(2)7-6(3)4/h6-8H,2-5H2,1H3;1,3H2,2,4H3. The average molecular weight is 216 g/mol. The smallest absolute Gasteiger partial charge is 0.151 e. The van der Waals surface area contributed by atoms with Crippen molar-refractivity contribution in [3.05, 3.63) is 24.7 Å². The van der Waals surface area contributed by atoms with E-state index in [1.165, 1.54) is 0 Å². The van der Waals surface area contributed by atoms with E-state index in [1.807, 2.05) is 0 Å². The van der Waals surface area contributed by atoms with Gasteiger partial charge in [-0.25, -0.2) is 0 Å². The topological polar surface area (TPSA) is 49.7 Å². The van der Waals surface area contributed by atoms with Crippen LogP contribution >= 0.6 is 0 Å². The molecule has 0 heterocycles. The van der Waals surface area contributed by atoms with E-state index in [0.29, 0.717) is 17.9 Å². The summed E-state index contributed by atoms with van der Waals surface area (Å²) in [6, 6.07) is 0. The van der Waals surface area contributed by atoms with Crippen LogP contribution in [0, 0.1) is 0 Å². The first-order valence-corrected chi connectivity index (χ1v) is 5.25. The molecular formula is C12H24O3. The highest BCUT2D eigenvalue weighted by atomic mass is 16.5. The van der Waals surface area contributed by atoms with Crippen molar-refractivity contribution >= 4 is 0 Å². The highest BCUT2D eigenvalue weighted by molar-refractivity contribution is 4.85. The van der Waals surface area contributed by atoms with E-state index in [9.17, 15) is 0 Å². The minimum absolute atomic E-state index is 0.522. The monoisotopic (exact) mass is 216 g/mol. The maximum atomic E-state index is 8.33. The Hall–Kier alpha value is -0.800. The fourth-order valence-electron chi connectivity index (χ4n) is 0.874. The number of hydrogen-bond acceptors (Lipinski definition) is 3. The Bertz CT molecular complexity index is 162. The van der Waals surface area contributed by atoms with Gasteiger partial charge in [0, 0.05) is 0 Å². The minimum Gasteiger partial charge on any atom is -0.468 e. The van der Waals surface area contributed by atoms with Crippen LogP contribution in [0.5, 0.6) is 0 Å². The highest BCUT2D eigenvalue weighted by Crippen LogP contribution is 2.00. The lowest BCUT2D eigenvalue weighted by molar-refractivity contribution is -0.0465. The van der Waals surface area contributed by atoms with Gasteiger partial charge in [0.1, 0.15) is 0 Å². The highest BCUT2D eigenvalue weighted by Gasteiger charge is 1.93. The quantitative estimate of drug-likeness (QED) is 0.408. The van der Waals surface area contributed by atoms with Gasteiger partial charge in [-0.3, -0.25) is 0 Å². The number of hydrogen-bond donors (Lipinski definition) is 2. The maximum absolute atomic E-state index is 8.33. The molecule has 0 aromatic carbocycles. The second-order valence-corrected chi connectivity index (χ2v) is 3.48. The van der Waals surface area contributed by atoms with Gasteiger partial charge in [-0.2, -0.15) is 0 Å². The second kappa shape index (κ2) is 11.3. The zero-order valence-electron chi connectivity index (χ0n) is 10.1. The van der Waals surface area contributed by atoms with Gasteiger partial charge < -0.3 is 14.9 Å². The van der Waals surface area contributed by atoms with Gasteiger partial charge in [0.25, 0.3) is 0 Å². The van der Waals surface area contributed by atoms with Crippen LogP contribution in [0.1, 0.15) is 46.5 Å². The first kappa shape index (κ1) is 16.6. The van der Waals surface area contributed by atoms with Gasteiger partial charge >= 0.3 is 0 Å². The molecule has 0 aliphatic heterocycles. The van der Waals surface area contributed by atoms with Crippen molar-refractivity contribution in [3.8, 4) is 0 Å². The lowest BCUT2D eigenvalue weighted by Crippen LogP contribution is -2.02. The van der Waals surface area contributed by atoms with E-state index < -0.39 is 6.29 Å². The summed E-state index contributed by atoms with van der Waals surface area (Å²) in [7, 11) is 0. The number of aliphatic hydroxyl groups is 2. The number of aliphatic hydroxyl groups excluding tert-OH is 1. The summed E-state index contributed by atoms with van der Waals surface area (Å²) in [5.41, 5.74) is 0. The van der Waals surface area contributed by atoms with Crippen LogP contribution in [0.4, 0.5) is 0 Å². The summed E-state index contributed by atoms with van der Waals surface area (Å²) in [6.45, 7) is 12.7. The zero-order chi connectivity index (χ0) is 12.3. The molecule has 0 aliphatic rings. The van der Waals surface area contributed by atoms with Gasteiger partial charge in [-0.1, -0.05) is 32.9 Å². The van der Waals surface area contributed by atoms with Crippen molar-refractivity contribution < 1.29 is 14.9 Å². The van der Waals surface area contributed by atoms with Crippen LogP contribution in [0.25, 0.3) is 0 Å². The van der Waals surface area contributed by atoms with Gasteiger partial charge in [-0.15, -0.1) is 0 Å². The van der Waals surface area contributed by atoms with E-state index >= 15 is 0 Å². The van der Waals surface area contributed by atoms with Crippen molar-refractivity contribution in [2.75, 3.05) is 0 Å².